The van der Waals surface area contributed by atoms with Crippen LogP contribution in [0.25, 0.3) is 0 Å². The molecule has 0 radical (unpaired) electrons. The molecule has 0 unspecified atom stereocenters. The Morgan fingerprint density at radius 3 is 3.06 bits per heavy atom. The van der Waals surface area contributed by atoms with Crippen LogP contribution in [0.4, 0.5) is 0 Å². The van der Waals surface area contributed by atoms with E-state index in [0.717, 1.165) is 12.0 Å². The second-order valence-corrected chi connectivity index (χ2v) is 6.18. The Hall–Kier alpha value is -0.820. The Balaban J connectivity index is 1.90. The van der Waals surface area contributed by atoms with E-state index in [-0.39, 0.29) is 0 Å². The minimum absolute atomic E-state index is 0.545. The summed E-state index contributed by atoms with van der Waals surface area (Å²) in [6.07, 6.45) is 8.41. The van der Waals surface area contributed by atoms with E-state index in [4.69, 9.17) is 0 Å². The van der Waals surface area contributed by atoms with Crippen LogP contribution in [0.1, 0.15) is 43.2 Å². The minimum atomic E-state index is 0.545. The van der Waals surface area contributed by atoms with Gasteiger partial charge in [-0.2, -0.15) is 0 Å². The molecule has 0 aromatic heterocycles. The summed E-state index contributed by atoms with van der Waals surface area (Å²) >= 11 is 0. The molecule has 1 saturated carbocycles. The fourth-order valence-electron chi connectivity index (χ4n) is 4.89. The van der Waals surface area contributed by atoms with Gasteiger partial charge in [0.05, 0.1) is 0 Å². The Labute approximate surface area is 104 Å². The maximum atomic E-state index is 3.79. The van der Waals surface area contributed by atoms with Crippen molar-refractivity contribution in [1.82, 2.24) is 5.32 Å². The number of piperidine rings is 1. The molecule has 0 spiro atoms. The fraction of sp³-hybridized carbons (Fsp3) is 0.625. The highest BCUT2D eigenvalue weighted by Gasteiger charge is 2.51. The van der Waals surface area contributed by atoms with Crippen LogP contribution in [0, 0.1) is 5.92 Å². The number of nitrogens with one attached hydrogen (secondary N) is 1. The molecular weight excluding hydrogens is 206 g/mol. The molecule has 2 fully saturated rings. The maximum absolute atomic E-state index is 3.79. The number of hydrogen-bond acceptors (Lipinski definition) is 1. The van der Waals surface area contributed by atoms with Gasteiger partial charge in [0, 0.05) is 11.5 Å². The summed E-state index contributed by atoms with van der Waals surface area (Å²) in [5, 5.41) is 3.79. The summed E-state index contributed by atoms with van der Waals surface area (Å²) in [6, 6.07) is 10.0. The molecule has 1 heterocycles. The van der Waals surface area contributed by atoms with Gasteiger partial charge < -0.3 is 5.32 Å². The third-order valence-electron chi connectivity index (χ3n) is 5.55. The van der Waals surface area contributed by atoms with Crippen LogP contribution in [0.3, 0.4) is 0 Å². The van der Waals surface area contributed by atoms with Crippen molar-refractivity contribution >= 4 is 0 Å². The second kappa shape index (κ2) is 3.58. The third kappa shape index (κ3) is 1.29. The molecule has 3 aliphatic rings. The van der Waals surface area contributed by atoms with Crippen molar-refractivity contribution in [3.05, 3.63) is 35.4 Å². The summed E-state index contributed by atoms with van der Waals surface area (Å²) in [5.74, 6) is 0.917. The molecule has 4 rings (SSSR count). The third-order valence-corrected chi connectivity index (χ3v) is 5.55. The number of rotatable bonds is 0. The van der Waals surface area contributed by atoms with Crippen LogP contribution in [-0.2, 0) is 11.8 Å². The Morgan fingerprint density at radius 2 is 2.06 bits per heavy atom. The van der Waals surface area contributed by atoms with Gasteiger partial charge >= 0.3 is 0 Å². The monoisotopic (exact) mass is 227 g/mol. The van der Waals surface area contributed by atoms with Gasteiger partial charge in [0.2, 0.25) is 0 Å². The van der Waals surface area contributed by atoms with Crippen molar-refractivity contribution in [2.45, 2.75) is 50.0 Å². The topological polar surface area (TPSA) is 12.0 Å². The van der Waals surface area contributed by atoms with Crippen LogP contribution in [0.15, 0.2) is 24.3 Å². The van der Waals surface area contributed by atoms with Crippen molar-refractivity contribution in [2.75, 3.05) is 6.54 Å². The highest BCUT2D eigenvalue weighted by molar-refractivity contribution is 5.41. The first kappa shape index (κ1) is 10.1. The van der Waals surface area contributed by atoms with Crippen molar-refractivity contribution in [2.24, 2.45) is 5.92 Å². The Kier molecular flexibility index (Phi) is 2.14. The van der Waals surface area contributed by atoms with E-state index in [1.807, 2.05) is 0 Å². The number of hydrogen-bond donors (Lipinski definition) is 1. The van der Waals surface area contributed by atoms with Gasteiger partial charge in [-0.05, 0) is 49.3 Å². The zero-order valence-electron chi connectivity index (χ0n) is 10.4. The van der Waals surface area contributed by atoms with E-state index < -0.39 is 0 Å². The van der Waals surface area contributed by atoms with E-state index in [2.05, 4.69) is 29.6 Å². The molecule has 1 saturated heterocycles. The lowest BCUT2D eigenvalue weighted by Crippen LogP contribution is -2.59. The second-order valence-electron chi connectivity index (χ2n) is 6.18. The van der Waals surface area contributed by atoms with E-state index >= 15 is 0 Å². The van der Waals surface area contributed by atoms with Crippen LogP contribution in [0.2, 0.25) is 0 Å². The highest BCUT2D eigenvalue weighted by atomic mass is 15.0. The Bertz CT molecular complexity index is 435. The molecule has 1 aliphatic heterocycles. The molecule has 2 bridgehead atoms. The molecule has 90 valence electrons. The fourth-order valence-corrected chi connectivity index (χ4v) is 4.89. The van der Waals surface area contributed by atoms with Crippen molar-refractivity contribution in [1.29, 1.82) is 0 Å². The highest BCUT2D eigenvalue weighted by Crippen LogP contribution is 2.53. The van der Waals surface area contributed by atoms with E-state index in [9.17, 15) is 0 Å². The summed E-state index contributed by atoms with van der Waals surface area (Å²) in [4.78, 5) is 0. The van der Waals surface area contributed by atoms with Gasteiger partial charge in [0.1, 0.15) is 0 Å². The molecule has 1 aromatic rings. The van der Waals surface area contributed by atoms with Gasteiger partial charge in [-0.25, -0.2) is 0 Å². The average Bonchev–Trinajstić information content (AvgIpc) is 2.39. The number of fused-ring (bicyclic) bond motifs is 1. The largest absolute Gasteiger partial charge is 0.313 e. The summed E-state index contributed by atoms with van der Waals surface area (Å²) in [7, 11) is 0. The average molecular weight is 227 g/mol. The Morgan fingerprint density at radius 1 is 1.12 bits per heavy atom. The van der Waals surface area contributed by atoms with E-state index in [1.165, 1.54) is 45.1 Å². The molecule has 1 aromatic carbocycles. The molecule has 17 heavy (non-hydrogen) atoms. The minimum Gasteiger partial charge on any atom is -0.313 e. The zero-order valence-corrected chi connectivity index (χ0v) is 10.4. The van der Waals surface area contributed by atoms with E-state index in [0.29, 0.717) is 5.41 Å². The smallest absolute Gasteiger partial charge is 0.0144 e. The molecular formula is C16H21N. The first-order chi connectivity index (χ1) is 8.40. The van der Waals surface area contributed by atoms with Crippen LogP contribution in [-0.4, -0.2) is 12.6 Å². The van der Waals surface area contributed by atoms with Gasteiger partial charge in [0.15, 0.2) is 0 Å². The van der Waals surface area contributed by atoms with Gasteiger partial charge in [-0.1, -0.05) is 37.1 Å². The maximum Gasteiger partial charge on any atom is 0.0144 e. The quantitative estimate of drug-likeness (QED) is 0.718. The van der Waals surface area contributed by atoms with Gasteiger partial charge in [-0.3, -0.25) is 0 Å². The summed E-state index contributed by atoms with van der Waals surface area (Å²) < 4.78 is 0. The lowest BCUT2D eigenvalue weighted by atomic mass is 9.53. The van der Waals surface area contributed by atoms with Crippen molar-refractivity contribution in [3.63, 3.8) is 0 Å². The summed E-state index contributed by atoms with van der Waals surface area (Å²) in [6.45, 7) is 1.23. The standard InChI is InChI=1S/C16H21N/c1-2-6-13-12(5-1)11-15-14-7-3-4-8-16(13,14)9-10-17-15/h1-2,5-6,14-15,17H,3-4,7-11H2/t14-,15-,16+/m1/s1. The molecule has 2 aliphatic carbocycles. The van der Waals surface area contributed by atoms with Crippen LogP contribution >= 0.6 is 0 Å². The van der Waals surface area contributed by atoms with Gasteiger partial charge in [0.25, 0.3) is 0 Å². The molecule has 1 nitrogen and oxygen atoms in total. The predicted molar refractivity (Wildman–Crippen MR) is 70.2 cm³/mol. The number of benzene rings is 1. The zero-order chi connectivity index (χ0) is 11.3. The predicted octanol–water partition coefficient (Wildman–Crippen LogP) is 3.03. The van der Waals surface area contributed by atoms with Crippen LogP contribution in [0.5, 0.6) is 0 Å². The molecule has 1 N–H and O–H groups in total. The normalized spacial score (nSPS) is 39.3. The van der Waals surface area contributed by atoms with Crippen molar-refractivity contribution in [3.8, 4) is 0 Å². The van der Waals surface area contributed by atoms with E-state index in [1.54, 1.807) is 11.1 Å². The first-order valence-corrected chi connectivity index (χ1v) is 7.22. The van der Waals surface area contributed by atoms with Gasteiger partial charge in [-0.15, -0.1) is 0 Å². The lowest BCUT2D eigenvalue weighted by Gasteiger charge is -2.56. The summed E-state index contributed by atoms with van der Waals surface area (Å²) in [5.41, 5.74) is 3.88. The molecule has 3 atom stereocenters. The molecule has 0 amide bonds. The SMILES string of the molecule is c1ccc2c(c1)C[C@H]1NCC[C@@]23CCCC[C@H]13. The first-order valence-electron chi connectivity index (χ1n) is 7.22. The van der Waals surface area contributed by atoms with Crippen LogP contribution < -0.4 is 5.32 Å². The lowest BCUT2D eigenvalue weighted by molar-refractivity contribution is 0.0798. The molecule has 1 heteroatoms. The van der Waals surface area contributed by atoms with Crippen molar-refractivity contribution < 1.29 is 0 Å².